The van der Waals surface area contributed by atoms with Gasteiger partial charge in [0, 0.05) is 19.3 Å². The van der Waals surface area contributed by atoms with Gasteiger partial charge in [-0.15, -0.1) is 0 Å². The van der Waals surface area contributed by atoms with Crippen LogP contribution in [0.2, 0.25) is 5.15 Å². The molecular weight excluding hydrogens is 242 g/mol. The number of nitrogens with zero attached hydrogens (tertiary/aromatic N) is 2. The molecule has 6 heteroatoms. The Morgan fingerprint density at radius 1 is 1.53 bits per heavy atom. The Bertz CT molecular complexity index is 450. The average Bonchev–Trinajstić information content (AvgIpc) is 2.54. The van der Waals surface area contributed by atoms with Crippen LogP contribution < -0.4 is 5.32 Å². The molecule has 1 aliphatic heterocycles. The van der Waals surface area contributed by atoms with Crippen LogP contribution in [0.15, 0.2) is 18.3 Å². The van der Waals surface area contributed by atoms with E-state index in [0.717, 1.165) is 6.42 Å². The first-order chi connectivity index (χ1) is 8.18. The number of halogens is 1. The van der Waals surface area contributed by atoms with Crippen molar-refractivity contribution >= 4 is 23.4 Å². The highest BCUT2D eigenvalue weighted by Gasteiger charge is 2.22. The second-order valence-corrected chi connectivity index (χ2v) is 4.13. The van der Waals surface area contributed by atoms with Crippen LogP contribution in [0.3, 0.4) is 0 Å². The Kier molecular flexibility index (Phi) is 3.58. The maximum atomic E-state index is 12.1. The summed E-state index contributed by atoms with van der Waals surface area (Å²) in [6.07, 6.45) is 2.27. The normalized spacial score (nSPS) is 16.3. The van der Waals surface area contributed by atoms with E-state index in [1.54, 1.807) is 12.1 Å². The van der Waals surface area contributed by atoms with Crippen molar-refractivity contribution in [3.05, 3.63) is 29.0 Å². The minimum absolute atomic E-state index is 0.0735. The number of rotatable bonds is 1. The first-order valence-electron chi connectivity index (χ1n) is 5.35. The predicted octanol–water partition coefficient (Wildman–Crippen LogP) is 0.697. The standard InChI is InChI=1S/C11H12ClN3O2/c12-10-8(3-1-4-14-10)11(17)15-6-2-5-13-9(16)7-15/h1,3-4H,2,5-7H2,(H,13,16). The minimum atomic E-state index is -0.250. The zero-order valence-corrected chi connectivity index (χ0v) is 9.91. The molecule has 1 aromatic heterocycles. The third kappa shape index (κ3) is 2.74. The molecule has 1 aromatic rings. The van der Waals surface area contributed by atoms with E-state index in [0.29, 0.717) is 18.7 Å². The molecule has 90 valence electrons. The monoisotopic (exact) mass is 253 g/mol. The van der Waals surface area contributed by atoms with Gasteiger partial charge in [-0.1, -0.05) is 11.6 Å². The van der Waals surface area contributed by atoms with Crippen LogP contribution in [-0.4, -0.2) is 41.3 Å². The Balaban J connectivity index is 2.19. The summed E-state index contributed by atoms with van der Waals surface area (Å²) >= 11 is 5.86. The van der Waals surface area contributed by atoms with Crippen molar-refractivity contribution in [2.75, 3.05) is 19.6 Å². The number of nitrogens with one attached hydrogen (secondary N) is 1. The number of amides is 2. The molecule has 0 unspecified atom stereocenters. The molecule has 1 fully saturated rings. The molecule has 0 spiro atoms. The summed E-state index contributed by atoms with van der Waals surface area (Å²) < 4.78 is 0. The maximum absolute atomic E-state index is 12.1. The highest BCUT2D eigenvalue weighted by molar-refractivity contribution is 6.32. The van der Waals surface area contributed by atoms with E-state index in [9.17, 15) is 9.59 Å². The first-order valence-corrected chi connectivity index (χ1v) is 5.73. The lowest BCUT2D eigenvalue weighted by molar-refractivity contribution is -0.121. The van der Waals surface area contributed by atoms with Crippen molar-refractivity contribution in [1.82, 2.24) is 15.2 Å². The lowest BCUT2D eigenvalue weighted by Gasteiger charge is -2.19. The lowest BCUT2D eigenvalue weighted by Crippen LogP contribution is -2.37. The van der Waals surface area contributed by atoms with Crippen LogP contribution in [-0.2, 0) is 4.79 Å². The minimum Gasteiger partial charge on any atom is -0.354 e. The molecule has 0 aliphatic carbocycles. The lowest BCUT2D eigenvalue weighted by atomic mass is 10.2. The average molecular weight is 254 g/mol. The van der Waals surface area contributed by atoms with Crippen LogP contribution in [0.5, 0.6) is 0 Å². The van der Waals surface area contributed by atoms with Crippen molar-refractivity contribution in [3.8, 4) is 0 Å². The van der Waals surface area contributed by atoms with Gasteiger partial charge in [-0.25, -0.2) is 4.98 Å². The summed E-state index contributed by atoms with van der Waals surface area (Å²) in [4.78, 5) is 28.8. The van der Waals surface area contributed by atoms with E-state index in [1.807, 2.05) is 0 Å². The predicted molar refractivity (Wildman–Crippen MR) is 62.8 cm³/mol. The van der Waals surface area contributed by atoms with E-state index in [4.69, 9.17) is 11.6 Å². The number of aromatic nitrogens is 1. The summed E-state index contributed by atoms with van der Waals surface area (Å²) in [7, 11) is 0. The Morgan fingerprint density at radius 2 is 2.35 bits per heavy atom. The fourth-order valence-corrected chi connectivity index (χ4v) is 1.90. The molecule has 1 saturated heterocycles. The van der Waals surface area contributed by atoms with Gasteiger partial charge in [-0.3, -0.25) is 9.59 Å². The molecule has 1 N–H and O–H groups in total. The molecule has 0 radical (unpaired) electrons. The van der Waals surface area contributed by atoms with Crippen LogP contribution in [0.4, 0.5) is 0 Å². The molecule has 0 aromatic carbocycles. The van der Waals surface area contributed by atoms with Gasteiger partial charge >= 0.3 is 0 Å². The van der Waals surface area contributed by atoms with E-state index in [-0.39, 0.29) is 23.5 Å². The molecular formula is C11H12ClN3O2. The summed E-state index contributed by atoms with van der Waals surface area (Å²) in [6.45, 7) is 1.22. The molecule has 2 heterocycles. The number of carbonyl (C=O) groups excluding carboxylic acids is 2. The molecule has 0 saturated carbocycles. The van der Waals surface area contributed by atoms with Crippen molar-refractivity contribution in [1.29, 1.82) is 0 Å². The second kappa shape index (κ2) is 5.14. The highest BCUT2D eigenvalue weighted by atomic mass is 35.5. The number of hydrogen-bond acceptors (Lipinski definition) is 3. The summed E-state index contributed by atoms with van der Waals surface area (Å²) in [6, 6.07) is 3.26. The zero-order chi connectivity index (χ0) is 12.3. The Hall–Kier alpha value is -1.62. The van der Waals surface area contributed by atoms with E-state index in [1.165, 1.54) is 11.1 Å². The Morgan fingerprint density at radius 3 is 3.12 bits per heavy atom. The van der Waals surface area contributed by atoms with Gasteiger partial charge in [-0.2, -0.15) is 0 Å². The van der Waals surface area contributed by atoms with Gasteiger partial charge in [0.05, 0.1) is 12.1 Å². The zero-order valence-electron chi connectivity index (χ0n) is 9.15. The van der Waals surface area contributed by atoms with E-state index >= 15 is 0 Å². The van der Waals surface area contributed by atoms with Crippen molar-refractivity contribution < 1.29 is 9.59 Å². The van der Waals surface area contributed by atoms with Gasteiger partial charge in [0.25, 0.3) is 5.91 Å². The second-order valence-electron chi connectivity index (χ2n) is 3.77. The van der Waals surface area contributed by atoms with Gasteiger partial charge in [-0.05, 0) is 18.6 Å². The van der Waals surface area contributed by atoms with Crippen LogP contribution in [0.1, 0.15) is 16.8 Å². The van der Waals surface area contributed by atoms with Crippen LogP contribution in [0, 0.1) is 0 Å². The molecule has 5 nitrogen and oxygen atoms in total. The third-order valence-electron chi connectivity index (χ3n) is 2.54. The molecule has 0 bridgehead atoms. The fraction of sp³-hybridized carbons (Fsp3) is 0.364. The van der Waals surface area contributed by atoms with Crippen molar-refractivity contribution in [2.45, 2.75) is 6.42 Å². The maximum Gasteiger partial charge on any atom is 0.257 e. The van der Waals surface area contributed by atoms with Crippen LogP contribution in [0.25, 0.3) is 0 Å². The van der Waals surface area contributed by atoms with Crippen molar-refractivity contribution in [3.63, 3.8) is 0 Å². The number of carbonyl (C=O) groups is 2. The van der Waals surface area contributed by atoms with Crippen molar-refractivity contribution in [2.24, 2.45) is 0 Å². The van der Waals surface area contributed by atoms with Gasteiger partial charge in [0.2, 0.25) is 5.91 Å². The third-order valence-corrected chi connectivity index (χ3v) is 2.84. The molecule has 1 aliphatic rings. The number of pyridine rings is 1. The van der Waals surface area contributed by atoms with Crippen LogP contribution >= 0.6 is 11.6 Å². The highest BCUT2D eigenvalue weighted by Crippen LogP contribution is 2.14. The SMILES string of the molecule is O=C1CN(C(=O)c2cccnc2Cl)CCCN1. The fourth-order valence-electron chi connectivity index (χ4n) is 1.70. The van der Waals surface area contributed by atoms with E-state index in [2.05, 4.69) is 10.3 Å². The molecule has 2 rings (SSSR count). The first kappa shape index (κ1) is 11.9. The number of hydrogen-bond donors (Lipinski definition) is 1. The Labute approximate surface area is 104 Å². The molecule has 17 heavy (non-hydrogen) atoms. The summed E-state index contributed by atoms with van der Waals surface area (Å²) in [5.74, 6) is -0.393. The van der Waals surface area contributed by atoms with E-state index < -0.39 is 0 Å². The van der Waals surface area contributed by atoms with Gasteiger partial charge < -0.3 is 10.2 Å². The topological polar surface area (TPSA) is 62.3 Å². The summed E-state index contributed by atoms with van der Waals surface area (Å²) in [5.41, 5.74) is 0.337. The largest absolute Gasteiger partial charge is 0.354 e. The quantitative estimate of drug-likeness (QED) is 0.750. The van der Waals surface area contributed by atoms with Gasteiger partial charge in [0.15, 0.2) is 0 Å². The molecule has 2 amide bonds. The summed E-state index contributed by atoms with van der Waals surface area (Å²) in [5, 5.41) is 2.88. The molecule has 0 atom stereocenters. The van der Waals surface area contributed by atoms with Gasteiger partial charge in [0.1, 0.15) is 5.15 Å². The smallest absolute Gasteiger partial charge is 0.257 e.